The minimum Gasteiger partial charge on any atom is -0.446 e. The van der Waals surface area contributed by atoms with Crippen molar-refractivity contribution in [3.05, 3.63) is 107 Å². The van der Waals surface area contributed by atoms with Crippen molar-refractivity contribution >= 4 is 5.97 Å². The Morgan fingerprint density at radius 3 is 2.16 bits per heavy atom. The average molecular weight is 328 g/mol. The van der Waals surface area contributed by atoms with E-state index in [0.717, 1.165) is 30.4 Å². The number of benzene rings is 3. The molecule has 1 atom stereocenters. The largest absolute Gasteiger partial charge is 0.446 e. The predicted octanol–water partition coefficient (Wildman–Crippen LogP) is 5.12. The van der Waals surface area contributed by atoms with Gasteiger partial charge in [0.25, 0.3) is 0 Å². The first-order chi connectivity index (χ1) is 12.3. The van der Waals surface area contributed by atoms with E-state index in [1.54, 1.807) is 0 Å². The third-order valence-corrected chi connectivity index (χ3v) is 4.93. The van der Waals surface area contributed by atoms with Crippen LogP contribution < -0.4 is 0 Å². The minimum atomic E-state index is -0.677. The molecule has 2 heteroatoms. The van der Waals surface area contributed by atoms with Crippen LogP contribution in [0.4, 0.5) is 0 Å². The molecule has 2 nitrogen and oxygen atoms in total. The number of cyclic esters (lactones) is 1. The van der Waals surface area contributed by atoms with Crippen LogP contribution >= 0.6 is 0 Å². The molecule has 0 spiro atoms. The first-order valence-corrected chi connectivity index (χ1v) is 8.72. The van der Waals surface area contributed by atoms with Crippen LogP contribution in [-0.4, -0.2) is 5.97 Å². The fourth-order valence-electron chi connectivity index (χ4n) is 3.72. The maximum absolute atomic E-state index is 12.5. The molecule has 0 saturated heterocycles. The maximum Gasteiger partial charge on any atom is 0.339 e. The number of fused-ring (bicyclic) bond motifs is 1. The summed E-state index contributed by atoms with van der Waals surface area (Å²) in [6, 6.07) is 28.3. The van der Waals surface area contributed by atoms with Crippen LogP contribution in [0.2, 0.25) is 0 Å². The standard InChI is InChI=1S/C23H20O2/c24-22-20-15-7-8-16-21(20)23(25-22,19-13-5-2-6-14-19)17-9-12-18-10-3-1-4-11-18/h1-8,10-11,13-16H,9,12,17H2. The first-order valence-electron chi connectivity index (χ1n) is 8.72. The van der Waals surface area contributed by atoms with Gasteiger partial charge in [0.15, 0.2) is 5.60 Å². The highest BCUT2D eigenvalue weighted by Gasteiger charge is 2.46. The second-order valence-electron chi connectivity index (χ2n) is 6.47. The number of ether oxygens (including phenoxy) is 1. The maximum atomic E-state index is 12.5. The second-order valence-corrected chi connectivity index (χ2v) is 6.47. The molecule has 124 valence electrons. The molecule has 0 aliphatic carbocycles. The van der Waals surface area contributed by atoms with Crippen LogP contribution in [0.1, 0.15) is 39.9 Å². The molecule has 0 bridgehead atoms. The summed E-state index contributed by atoms with van der Waals surface area (Å²) in [6.07, 6.45) is 2.68. The Bertz CT molecular complexity index is 871. The smallest absolute Gasteiger partial charge is 0.339 e. The van der Waals surface area contributed by atoms with Gasteiger partial charge in [-0.1, -0.05) is 78.9 Å². The van der Waals surface area contributed by atoms with Crippen LogP contribution in [0.3, 0.4) is 0 Å². The van der Waals surface area contributed by atoms with E-state index in [9.17, 15) is 4.79 Å². The Hall–Kier alpha value is -2.87. The summed E-state index contributed by atoms with van der Waals surface area (Å²) < 4.78 is 6.00. The Morgan fingerprint density at radius 2 is 1.40 bits per heavy atom. The number of esters is 1. The zero-order valence-corrected chi connectivity index (χ0v) is 14.0. The van der Waals surface area contributed by atoms with Gasteiger partial charge in [-0.15, -0.1) is 0 Å². The van der Waals surface area contributed by atoms with Crippen LogP contribution in [0, 0.1) is 0 Å². The van der Waals surface area contributed by atoms with Gasteiger partial charge in [-0.3, -0.25) is 0 Å². The summed E-state index contributed by atoms with van der Waals surface area (Å²) in [6.45, 7) is 0. The SMILES string of the molecule is O=C1OC(CCCc2ccccc2)(c2ccccc2)c2ccccc21. The van der Waals surface area contributed by atoms with E-state index in [0.29, 0.717) is 5.56 Å². The summed E-state index contributed by atoms with van der Waals surface area (Å²) in [5.74, 6) is -0.223. The lowest BCUT2D eigenvalue weighted by Gasteiger charge is -2.29. The number of carbonyl (C=O) groups is 1. The average Bonchev–Trinajstić information content (AvgIpc) is 2.97. The van der Waals surface area contributed by atoms with Crippen LogP contribution in [0.25, 0.3) is 0 Å². The van der Waals surface area contributed by atoms with Crippen molar-refractivity contribution in [1.82, 2.24) is 0 Å². The van der Waals surface area contributed by atoms with Gasteiger partial charge < -0.3 is 4.74 Å². The lowest BCUT2D eigenvalue weighted by atomic mass is 9.81. The summed E-state index contributed by atoms with van der Waals surface area (Å²) in [5, 5.41) is 0. The summed E-state index contributed by atoms with van der Waals surface area (Å²) >= 11 is 0. The van der Waals surface area contributed by atoms with Crippen molar-refractivity contribution in [3.8, 4) is 0 Å². The third kappa shape index (κ3) is 2.85. The van der Waals surface area contributed by atoms with Gasteiger partial charge in [0, 0.05) is 11.1 Å². The van der Waals surface area contributed by atoms with Crippen molar-refractivity contribution in [2.75, 3.05) is 0 Å². The normalized spacial score (nSPS) is 18.6. The van der Waals surface area contributed by atoms with Crippen molar-refractivity contribution in [1.29, 1.82) is 0 Å². The van der Waals surface area contributed by atoms with E-state index in [4.69, 9.17) is 4.74 Å². The number of rotatable bonds is 5. The molecule has 1 aliphatic heterocycles. The van der Waals surface area contributed by atoms with Crippen molar-refractivity contribution in [2.45, 2.75) is 24.9 Å². The van der Waals surface area contributed by atoms with Crippen LogP contribution in [0.15, 0.2) is 84.9 Å². The highest BCUT2D eigenvalue weighted by molar-refractivity contribution is 5.95. The molecule has 0 fully saturated rings. The van der Waals surface area contributed by atoms with E-state index < -0.39 is 5.60 Å². The predicted molar refractivity (Wildman–Crippen MR) is 98.5 cm³/mol. The summed E-state index contributed by atoms with van der Waals surface area (Å²) in [4.78, 5) is 12.5. The monoisotopic (exact) mass is 328 g/mol. The van der Waals surface area contributed by atoms with E-state index in [1.165, 1.54) is 5.56 Å². The highest BCUT2D eigenvalue weighted by atomic mass is 16.6. The van der Waals surface area contributed by atoms with Crippen molar-refractivity contribution in [3.63, 3.8) is 0 Å². The number of aryl methyl sites for hydroxylation is 1. The second kappa shape index (κ2) is 6.56. The van der Waals surface area contributed by atoms with E-state index in [2.05, 4.69) is 36.4 Å². The van der Waals surface area contributed by atoms with Gasteiger partial charge in [0.1, 0.15) is 0 Å². The van der Waals surface area contributed by atoms with Crippen LogP contribution in [0.5, 0.6) is 0 Å². The molecule has 25 heavy (non-hydrogen) atoms. The van der Waals surface area contributed by atoms with E-state index in [-0.39, 0.29) is 5.97 Å². The van der Waals surface area contributed by atoms with Gasteiger partial charge in [-0.05, 0) is 30.9 Å². The first kappa shape index (κ1) is 15.6. The molecule has 1 heterocycles. The molecule has 3 aromatic rings. The lowest BCUT2D eigenvalue weighted by molar-refractivity contribution is 0.00647. The van der Waals surface area contributed by atoms with Gasteiger partial charge in [-0.2, -0.15) is 0 Å². The minimum absolute atomic E-state index is 0.223. The van der Waals surface area contributed by atoms with E-state index in [1.807, 2.05) is 48.5 Å². The fourth-order valence-corrected chi connectivity index (χ4v) is 3.72. The molecule has 1 aliphatic rings. The molecule has 4 rings (SSSR count). The van der Waals surface area contributed by atoms with Crippen molar-refractivity contribution < 1.29 is 9.53 Å². The molecule has 3 aromatic carbocycles. The van der Waals surface area contributed by atoms with Gasteiger partial charge >= 0.3 is 5.97 Å². The quantitative estimate of drug-likeness (QED) is 0.607. The zero-order chi connectivity index (χ0) is 17.1. The van der Waals surface area contributed by atoms with Gasteiger partial charge in [0.2, 0.25) is 0 Å². The van der Waals surface area contributed by atoms with Crippen molar-refractivity contribution in [2.24, 2.45) is 0 Å². The number of carbonyl (C=O) groups excluding carboxylic acids is 1. The lowest BCUT2D eigenvalue weighted by Crippen LogP contribution is -2.28. The molecule has 0 N–H and O–H groups in total. The molecule has 0 amide bonds. The van der Waals surface area contributed by atoms with Gasteiger partial charge in [0.05, 0.1) is 5.56 Å². The third-order valence-electron chi connectivity index (χ3n) is 4.93. The number of hydrogen-bond donors (Lipinski definition) is 0. The van der Waals surface area contributed by atoms with E-state index >= 15 is 0 Å². The topological polar surface area (TPSA) is 26.3 Å². The Morgan fingerprint density at radius 1 is 0.760 bits per heavy atom. The molecular formula is C23H20O2. The Kier molecular flexibility index (Phi) is 4.10. The highest BCUT2D eigenvalue weighted by Crippen LogP contribution is 2.45. The summed E-state index contributed by atoms with van der Waals surface area (Å²) in [7, 11) is 0. The van der Waals surface area contributed by atoms with Crippen LogP contribution in [-0.2, 0) is 16.8 Å². The molecule has 0 aromatic heterocycles. The molecule has 0 radical (unpaired) electrons. The summed E-state index contributed by atoms with van der Waals surface area (Å²) in [5.41, 5.74) is 3.35. The molecule has 0 saturated carbocycles. The Labute approximate surface area is 148 Å². The number of hydrogen-bond acceptors (Lipinski definition) is 2. The zero-order valence-electron chi connectivity index (χ0n) is 14.0. The molecule has 1 unspecified atom stereocenters. The Balaban J connectivity index is 1.68. The molecular weight excluding hydrogens is 308 g/mol. The van der Waals surface area contributed by atoms with Gasteiger partial charge in [-0.25, -0.2) is 4.79 Å². The fraction of sp³-hybridized carbons (Fsp3) is 0.174.